The number of esters is 1. The zero-order valence-electron chi connectivity index (χ0n) is 20.0. The fraction of sp³-hybridized carbons (Fsp3) is 0.423. The molecule has 184 valence electrons. The number of carbonyl (C=O) groups excluding carboxylic acids is 3. The number of nitrogens with one attached hydrogen (secondary N) is 2. The molecule has 2 amide bonds. The molecular formula is C26H34N2O6. The fourth-order valence-electron chi connectivity index (χ4n) is 2.97. The lowest BCUT2D eigenvalue weighted by Gasteiger charge is -2.23. The van der Waals surface area contributed by atoms with Gasteiger partial charge in [-0.2, -0.15) is 0 Å². The van der Waals surface area contributed by atoms with Crippen molar-refractivity contribution in [3.05, 3.63) is 71.8 Å². The second kappa shape index (κ2) is 13.9. The maximum Gasteiger partial charge on any atom is 0.408 e. The Morgan fingerprint density at radius 1 is 0.794 bits per heavy atom. The number of carbonyl (C=O) groups is 3. The lowest BCUT2D eigenvalue weighted by atomic mass is 10.1. The van der Waals surface area contributed by atoms with E-state index in [0.29, 0.717) is 25.8 Å². The minimum atomic E-state index is -0.858. The van der Waals surface area contributed by atoms with Crippen molar-refractivity contribution in [3.63, 3.8) is 0 Å². The van der Waals surface area contributed by atoms with Crippen LogP contribution < -0.4 is 10.6 Å². The van der Waals surface area contributed by atoms with Crippen LogP contribution in [0.15, 0.2) is 60.7 Å². The van der Waals surface area contributed by atoms with Crippen LogP contribution in [0.25, 0.3) is 0 Å². The topological polar surface area (TPSA) is 103 Å². The van der Waals surface area contributed by atoms with Crippen LogP contribution in [0.4, 0.5) is 9.59 Å². The summed E-state index contributed by atoms with van der Waals surface area (Å²) in [6.45, 7) is 5.93. The summed E-state index contributed by atoms with van der Waals surface area (Å²) in [6, 6.07) is 17.8. The van der Waals surface area contributed by atoms with E-state index in [1.807, 2.05) is 60.7 Å². The third kappa shape index (κ3) is 11.4. The molecule has 0 fully saturated rings. The maximum absolute atomic E-state index is 12.6. The molecule has 0 radical (unpaired) electrons. The van der Waals surface area contributed by atoms with Gasteiger partial charge in [0.25, 0.3) is 0 Å². The van der Waals surface area contributed by atoms with Gasteiger partial charge in [0.1, 0.15) is 24.9 Å². The number of hydrogen-bond acceptors (Lipinski definition) is 6. The standard InChI is InChI=1S/C26H34N2O6/c1-26(2,3)34-25(31)28-22(23(29)32-18-20-12-6-4-7-13-20)16-10-11-17-27-24(30)33-19-21-14-8-5-9-15-21/h4-9,12-15,22H,10-11,16-19H2,1-3H3,(H,27,30)(H,28,31)/t22-/m0/s1. The monoisotopic (exact) mass is 470 g/mol. The Balaban J connectivity index is 1.76. The second-order valence-corrected chi connectivity index (χ2v) is 8.78. The molecule has 8 nitrogen and oxygen atoms in total. The van der Waals surface area contributed by atoms with E-state index in [1.165, 1.54) is 0 Å². The first kappa shape index (κ1) is 26.7. The summed E-state index contributed by atoms with van der Waals surface area (Å²) < 4.78 is 15.8. The molecule has 0 saturated heterocycles. The predicted molar refractivity (Wildman–Crippen MR) is 128 cm³/mol. The predicted octanol–water partition coefficient (Wildman–Crippen LogP) is 4.72. The Morgan fingerprint density at radius 3 is 1.91 bits per heavy atom. The second-order valence-electron chi connectivity index (χ2n) is 8.78. The number of benzene rings is 2. The van der Waals surface area contributed by atoms with Gasteiger partial charge in [-0.3, -0.25) is 0 Å². The number of amides is 2. The highest BCUT2D eigenvalue weighted by atomic mass is 16.6. The molecule has 0 spiro atoms. The van der Waals surface area contributed by atoms with E-state index in [0.717, 1.165) is 11.1 Å². The molecule has 34 heavy (non-hydrogen) atoms. The first-order valence-corrected chi connectivity index (χ1v) is 11.4. The highest BCUT2D eigenvalue weighted by Gasteiger charge is 2.25. The smallest absolute Gasteiger partial charge is 0.408 e. The third-order valence-electron chi connectivity index (χ3n) is 4.60. The van der Waals surface area contributed by atoms with E-state index >= 15 is 0 Å². The summed E-state index contributed by atoms with van der Waals surface area (Å²) in [5.41, 5.74) is 1.07. The molecule has 2 N–H and O–H groups in total. The number of ether oxygens (including phenoxy) is 3. The van der Waals surface area contributed by atoms with Gasteiger partial charge in [-0.05, 0) is 51.2 Å². The molecule has 0 bridgehead atoms. The van der Waals surface area contributed by atoms with Crippen molar-refractivity contribution in [2.75, 3.05) is 6.54 Å². The first-order valence-electron chi connectivity index (χ1n) is 11.4. The quantitative estimate of drug-likeness (QED) is 0.280. The molecule has 0 aliphatic carbocycles. The highest BCUT2D eigenvalue weighted by Crippen LogP contribution is 2.10. The van der Waals surface area contributed by atoms with E-state index in [4.69, 9.17) is 14.2 Å². The highest BCUT2D eigenvalue weighted by molar-refractivity contribution is 5.81. The summed E-state index contributed by atoms with van der Waals surface area (Å²) in [5.74, 6) is -0.537. The van der Waals surface area contributed by atoms with Gasteiger partial charge >= 0.3 is 18.2 Å². The summed E-state index contributed by atoms with van der Waals surface area (Å²) in [6.07, 6.45) is 0.318. The Hall–Kier alpha value is -3.55. The molecule has 0 aliphatic heterocycles. The Labute approximate surface area is 201 Å². The van der Waals surface area contributed by atoms with Gasteiger partial charge in [0.15, 0.2) is 0 Å². The van der Waals surface area contributed by atoms with Crippen LogP contribution >= 0.6 is 0 Å². The van der Waals surface area contributed by atoms with Crippen molar-refractivity contribution in [2.24, 2.45) is 0 Å². The van der Waals surface area contributed by atoms with E-state index in [-0.39, 0.29) is 13.2 Å². The zero-order chi connectivity index (χ0) is 24.8. The van der Waals surface area contributed by atoms with E-state index in [2.05, 4.69) is 10.6 Å². The molecule has 1 atom stereocenters. The molecule has 8 heteroatoms. The number of rotatable bonds is 11. The minimum absolute atomic E-state index is 0.112. The van der Waals surface area contributed by atoms with Crippen LogP contribution in [-0.2, 0) is 32.2 Å². The van der Waals surface area contributed by atoms with Crippen LogP contribution in [0.5, 0.6) is 0 Å². The van der Waals surface area contributed by atoms with Gasteiger partial charge in [0, 0.05) is 6.54 Å². The van der Waals surface area contributed by atoms with Crippen molar-refractivity contribution in [1.29, 1.82) is 0 Å². The molecule has 0 aliphatic rings. The lowest BCUT2D eigenvalue weighted by molar-refractivity contribution is -0.147. The van der Waals surface area contributed by atoms with Gasteiger partial charge < -0.3 is 24.8 Å². The van der Waals surface area contributed by atoms with Crippen LogP contribution in [0.2, 0.25) is 0 Å². The van der Waals surface area contributed by atoms with Gasteiger partial charge in [0.2, 0.25) is 0 Å². The molecule has 2 aromatic carbocycles. The zero-order valence-corrected chi connectivity index (χ0v) is 20.0. The average molecular weight is 471 g/mol. The largest absolute Gasteiger partial charge is 0.459 e. The molecule has 0 unspecified atom stereocenters. The normalized spacial score (nSPS) is 11.7. The molecule has 0 heterocycles. The Morgan fingerprint density at radius 2 is 1.35 bits per heavy atom. The summed E-state index contributed by atoms with van der Waals surface area (Å²) >= 11 is 0. The SMILES string of the molecule is CC(C)(C)OC(=O)N[C@@H](CCCCNC(=O)OCc1ccccc1)C(=O)OCc1ccccc1. The van der Waals surface area contributed by atoms with Crippen molar-refractivity contribution in [2.45, 2.75) is 64.9 Å². The summed E-state index contributed by atoms with van der Waals surface area (Å²) in [4.78, 5) is 36.7. The Bertz CT molecular complexity index is 897. The van der Waals surface area contributed by atoms with Crippen LogP contribution in [-0.4, -0.2) is 36.3 Å². The number of alkyl carbamates (subject to hydrolysis) is 2. The third-order valence-corrected chi connectivity index (χ3v) is 4.60. The van der Waals surface area contributed by atoms with Crippen molar-refractivity contribution in [3.8, 4) is 0 Å². The number of unbranched alkanes of at least 4 members (excludes halogenated alkanes) is 1. The molecular weight excluding hydrogens is 436 g/mol. The van der Waals surface area contributed by atoms with Gasteiger partial charge in [-0.25, -0.2) is 14.4 Å². The van der Waals surface area contributed by atoms with Gasteiger partial charge in [0.05, 0.1) is 0 Å². The van der Waals surface area contributed by atoms with Crippen molar-refractivity contribution < 1.29 is 28.6 Å². The number of hydrogen-bond donors (Lipinski definition) is 2. The fourth-order valence-corrected chi connectivity index (χ4v) is 2.97. The first-order chi connectivity index (χ1) is 16.2. The average Bonchev–Trinajstić information content (AvgIpc) is 2.80. The van der Waals surface area contributed by atoms with Gasteiger partial charge in [-0.1, -0.05) is 60.7 Å². The van der Waals surface area contributed by atoms with E-state index < -0.39 is 29.8 Å². The van der Waals surface area contributed by atoms with Gasteiger partial charge in [-0.15, -0.1) is 0 Å². The van der Waals surface area contributed by atoms with E-state index in [9.17, 15) is 14.4 Å². The van der Waals surface area contributed by atoms with Crippen LogP contribution in [0, 0.1) is 0 Å². The summed E-state index contributed by atoms with van der Waals surface area (Å²) in [7, 11) is 0. The molecule has 0 aromatic heterocycles. The molecule has 2 aromatic rings. The molecule has 0 saturated carbocycles. The Kier molecular flexibility index (Phi) is 10.9. The van der Waals surface area contributed by atoms with E-state index in [1.54, 1.807) is 20.8 Å². The van der Waals surface area contributed by atoms with Crippen LogP contribution in [0.3, 0.4) is 0 Å². The minimum Gasteiger partial charge on any atom is -0.459 e. The van der Waals surface area contributed by atoms with Crippen molar-refractivity contribution >= 4 is 18.2 Å². The molecule has 2 rings (SSSR count). The maximum atomic E-state index is 12.6. The summed E-state index contributed by atoms with van der Waals surface area (Å²) in [5, 5.41) is 5.29. The lowest BCUT2D eigenvalue weighted by Crippen LogP contribution is -2.44. The van der Waals surface area contributed by atoms with Crippen LogP contribution in [0.1, 0.15) is 51.2 Å². The van der Waals surface area contributed by atoms with Crippen molar-refractivity contribution in [1.82, 2.24) is 10.6 Å².